The largest absolute Gasteiger partial charge is 0.478 e. The monoisotopic (exact) mass is 308 g/mol. The molecule has 0 radical (unpaired) electrons. The molecule has 0 aromatic carbocycles. The van der Waals surface area contributed by atoms with Crippen LogP contribution in [-0.2, 0) is 19.6 Å². The topological polar surface area (TPSA) is 136 Å². The Morgan fingerprint density at radius 3 is 2.68 bits per heavy atom. The number of ether oxygens (including phenoxy) is 1. The highest BCUT2D eigenvalue weighted by molar-refractivity contribution is 7.91. The van der Waals surface area contributed by atoms with Crippen molar-refractivity contribution < 1.29 is 27.9 Å². The molecule has 1 heterocycles. The number of thiophene rings is 1. The van der Waals surface area contributed by atoms with Crippen molar-refractivity contribution in [3.63, 3.8) is 0 Å². The SMILES string of the molecule is NC(=O)COCCNS(=O)(=O)c1cc(C(=O)O)cs1. The lowest BCUT2D eigenvalue weighted by atomic mass is 10.4. The van der Waals surface area contributed by atoms with Crippen molar-refractivity contribution in [2.75, 3.05) is 19.8 Å². The minimum Gasteiger partial charge on any atom is -0.478 e. The smallest absolute Gasteiger partial charge is 0.336 e. The van der Waals surface area contributed by atoms with E-state index in [-0.39, 0.29) is 29.5 Å². The van der Waals surface area contributed by atoms with E-state index in [9.17, 15) is 18.0 Å². The molecule has 0 aliphatic heterocycles. The van der Waals surface area contributed by atoms with E-state index in [1.54, 1.807) is 0 Å². The first-order chi connectivity index (χ1) is 8.83. The zero-order valence-corrected chi connectivity index (χ0v) is 11.3. The van der Waals surface area contributed by atoms with Gasteiger partial charge < -0.3 is 15.6 Å². The second-order valence-corrected chi connectivity index (χ2v) is 6.28. The lowest BCUT2D eigenvalue weighted by Crippen LogP contribution is -2.28. The van der Waals surface area contributed by atoms with E-state index >= 15 is 0 Å². The van der Waals surface area contributed by atoms with Crippen molar-refractivity contribution in [1.82, 2.24) is 4.72 Å². The van der Waals surface area contributed by atoms with Crippen LogP contribution in [0.25, 0.3) is 0 Å². The van der Waals surface area contributed by atoms with Crippen LogP contribution in [0.1, 0.15) is 10.4 Å². The Morgan fingerprint density at radius 1 is 1.47 bits per heavy atom. The van der Waals surface area contributed by atoms with Crippen molar-refractivity contribution in [3.05, 3.63) is 17.0 Å². The molecule has 4 N–H and O–H groups in total. The van der Waals surface area contributed by atoms with Crippen LogP contribution in [0.4, 0.5) is 0 Å². The third-order valence-corrected chi connectivity index (χ3v) is 4.77. The molecule has 0 spiro atoms. The van der Waals surface area contributed by atoms with Crippen LogP contribution in [-0.4, -0.2) is 45.2 Å². The highest BCUT2D eigenvalue weighted by atomic mass is 32.2. The van der Waals surface area contributed by atoms with Gasteiger partial charge in [-0.2, -0.15) is 0 Å². The number of rotatable bonds is 8. The van der Waals surface area contributed by atoms with Gasteiger partial charge in [0.1, 0.15) is 10.8 Å². The minimum atomic E-state index is -3.76. The summed E-state index contributed by atoms with van der Waals surface area (Å²) >= 11 is 0.807. The predicted molar refractivity (Wildman–Crippen MR) is 66.5 cm³/mol. The van der Waals surface area contributed by atoms with E-state index in [4.69, 9.17) is 15.6 Å². The number of carboxylic acids is 1. The first-order valence-corrected chi connectivity index (χ1v) is 7.37. The molecule has 106 valence electrons. The van der Waals surface area contributed by atoms with Gasteiger partial charge in [-0.1, -0.05) is 0 Å². The number of amides is 1. The van der Waals surface area contributed by atoms with Gasteiger partial charge >= 0.3 is 5.97 Å². The van der Waals surface area contributed by atoms with E-state index in [1.807, 2.05) is 0 Å². The van der Waals surface area contributed by atoms with E-state index in [1.165, 1.54) is 5.38 Å². The highest BCUT2D eigenvalue weighted by Gasteiger charge is 2.18. The van der Waals surface area contributed by atoms with Gasteiger partial charge in [-0.15, -0.1) is 11.3 Å². The van der Waals surface area contributed by atoms with Crippen LogP contribution in [0.3, 0.4) is 0 Å². The van der Waals surface area contributed by atoms with E-state index in [0.717, 1.165) is 17.4 Å². The second-order valence-electron chi connectivity index (χ2n) is 3.38. The number of sulfonamides is 1. The number of primary amides is 1. The number of aromatic carboxylic acids is 1. The van der Waals surface area contributed by atoms with Gasteiger partial charge in [0.15, 0.2) is 0 Å². The van der Waals surface area contributed by atoms with Crippen LogP contribution < -0.4 is 10.5 Å². The molecule has 19 heavy (non-hydrogen) atoms. The molecule has 0 saturated carbocycles. The van der Waals surface area contributed by atoms with Crippen molar-refractivity contribution in [2.24, 2.45) is 5.73 Å². The molecule has 0 atom stereocenters. The van der Waals surface area contributed by atoms with E-state index in [2.05, 4.69) is 4.72 Å². The number of carboxylic acid groups (broad SMARTS) is 1. The average Bonchev–Trinajstić information content (AvgIpc) is 2.77. The summed E-state index contributed by atoms with van der Waals surface area (Å²) in [6.07, 6.45) is 0. The third kappa shape index (κ3) is 4.95. The fourth-order valence-corrected chi connectivity index (χ4v) is 3.27. The van der Waals surface area contributed by atoms with Gasteiger partial charge in [0.25, 0.3) is 0 Å². The van der Waals surface area contributed by atoms with Gasteiger partial charge in [0.05, 0.1) is 12.2 Å². The predicted octanol–water partition coefficient (Wildman–Crippen LogP) is -0.773. The molecular weight excluding hydrogens is 296 g/mol. The van der Waals surface area contributed by atoms with Crippen LogP contribution in [0, 0.1) is 0 Å². The Hall–Kier alpha value is -1.49. The van der Waals surface area contributed by atoms with Gasteiger partial charge in [-0.25, -0.2) is 17.9 Å². The minimum absolute atomic E-state index is 0.0146. The summed E-state index contributed by atoms with van der Waals surface area (Å²) < 4.78 is 30.3. The third-order valence-electron chi connectivity index (χ3n) is 1.87. The number of nitrogens with two attached hydrogens (primary N) is 1. The van der Waals surface area contributed by atoms with Crippen molar-refractivity contribution >= 4 is 33.2 Å². The lowest BCUT2D eigenvalue weighted by Gasteiger charge is -2.04. The number of carbonyl (C=O) groups is 2. The number of hydrogen-bond acceptors (Lipinski definition) is 6. The second kappa shape index (κ2) is 6.61. The van der Waals surface area contributed by atoms with Crippen molar-refractivity contribution in [1.29, 1.82) is 0 Å². The Kier molecular flexibility index (Phi) is 5.42. The summed E-state index contributed by atoms with van der Waals surface area (Å²) in [5.41, 5.74) is 4.74. The summed E-state index contributed by atoms with van der Waals surface area (Å²) in [5, 5.41) is 9.93. The van der Waals surface area contributed by atoms with Gasteiger partial charge in [-0.3, -0.25) is 4.79 Å². The van der Waals surface area contributed by atoms with Gasteiger partial charge in [-0.05, 0) is 6.07 Å². The molecule has 10 heteroatoms. The fourth-order valence-electron chi connectivity index (χ4n) is 1.06. The molecule has 0 aliphatic carbocycles. The molecule has 1 amide bonds. The molecule has 8 nitrogen and oxygen atoms in total. The number of hydrogen-bond donors (Lipinski definition) is 3. The first kappa shape index (κ1) is 15.6. The van der Waals surface area contributed by atoms with Crippen LogP contribution >= 0.6 is 11.3 Å². The van der Waals surface area contributed by atoms with Crippen LogP contribution in [0.5, 0.6) is 0 Å². The average molecular weight is 308 g/mol. The fraction of sp³-hybridized carbons (Fsp3) is 0.333. The molecular formula is C9H12N2O6S2. The standard InChI is InChI=1S/C9H12N2O6S2/c10-7(12)4-17-2-1-11-19(15,16)8-3-6(5-18-8)9(13)14/h3,5,11H,1-2,4H2,(H2,10,12)(H,13,14). The summed E-state index contributed by atoms with van der Waals surface area (Å²) in [6, 6.07) is 1.07. The van der Waals surface area contributed by atoms with Gasteiger partial charge in [0, 0.05) is 11.9 Å². The molecule has 1 aromatic heterocycles. The van der Waals surface area contributed by atoms with Crippen molar-refractivity contribution in [2.45, 2.75) is 4.21 Å². The molecule has 0 fully saturated rings. The quantitative estimate of drug-likeness (QED) is 0.539. The molecule has 1 aromatic rings. The Balaban J connectivity index is 2.51. The lowest BCUT2D eigenvalue weighted by molar-refractivity contribution is -0.122. The first-order valence-electron chi connectivity index (χ1n) is 5.00. The maximum Gasteiger partial charge on any atom is 0.336 e. The summed E-state index contributed by atoms with van der Waals surface area (Å²) in [6.45, 7) is -0.348. The summed E-state index contributed by atoms with van der Waals surface area (Å²) in [5.74, 6) is -1.84. The molecule has 0 bridgehead atoms. The maximum absolute atomic E-state index is 11.7. The zero-order valence-electron chi connectivity index (χ0n) is 9.66. The molecule has 0 aliphatic rings. The maximum atomic E-state index is 11.7. The van der Waals surface area contributed by atoms with Crippen LogP contribution in [0.15, 0.2) is 15.7 Å². The van der Waals surface area contributed by atoms with Gasteiger partial charge in [0.2, 0.25) is 15.9 Å². The number of nitrogens with one attached hydrogen (secondary N) is 1. The Bertz CT molecular complexity index is 565. The Labute approximate surface area is 113 Å². The zero-order chi connectivity index (χ0) is 14.5. The normalized spacial score (nSPS) is 11.4. The Morgan fingerprint density at radius 2 is 2.16 bits per heavy atom. The van der Waals surface area contributed by atoms with Crippen molar-refractivity contribution in [3.8, 4) is 0 Å². The van der Waals surface area contributed by atoms with E-state index in [0.29, 0.717) is 0 Å². The highest BCUT2D eigenvalue weighted by Crippen LogP contribution is 2.19. The van der Waals surface area contributed by atoms with E-state index < -0.39 is 21.9 Å². The van der Waals surface area contributed by atoms with Crippen LogP contribution in [0.2, 0.25) is 0 Å². The summed E-state index contributed by atoms with van der Waals surface area (Å²) in [4.78, 5) is 21.0. The number of carbonyl (C=O) groups excluding carboxylic acids is 1. The summed E-state index contributed by atoms with van der Waals surface area (Å²) in [7, 11) is -3.76. The molecule has 0 unspecified atom stereocenters. The molecule has 0 saturated heterocycles. The molecule has 1 rings (SSSR count).